The maximum atomic E-state index is 12.5. The van der Waals surface area contributed by atoms with Gasteiger partial charge in [0.15, 0.2) is 0 Å². The monoisotopic (exact) mass is 360 g/mol. The molecule has 0 aliphatic carbocycles. The molecule has 2 amide bonds. The van der Waals surface area contributed by atoms with E-state index in [-0.39, 0.29) is 24.4 Å². The Morgan fingerprint density at radius 3 is 2.84 bits per heavy atom. The van der Waals surface area contributed by atoms with Crippen molar-refractivity contribution in [2.45, 2.75) is 32.2 Å². The summed E-state index contributed by atoms with van der Waals surface area (Å²) in [6.07, 6.45) is 4.12. The molecule has 2 aromatic rings. The van der Waals surface area contributed by atoms with Crippen molar-refractivity contribution in [2.24, 2.45) is 0 Å². The molecule has 1 N–H and O–H groups in total. The summed E-state index contributed by atoms with van der Waals surface area (Å²) in [5.74, 6) is 0.188. The number of nitrogens with zero attached hydrogens (tertiary/aromatic N) is 1. The predicted octanol–water partition coefficient (Wildman–Crippen LogP) is 3.20. The van der Waals surface area contributed by atoms with Crippen molar-refractivity contribution >= 4 is 23.4 Å². The van der Waals surface area contributed by atoms with Gasteiger partial charge in [-0.15, -0.1) is 0 Å². The zero-order valence-electron chi connectivity index (χ0n) is 14.1. The molecular weight excluding hydrogens is 340 g/mol. The second-order valence-electron chi connectivity index (χ2n) is 6.25. The van der Waals surface area contributed by atoms with Gasteiger partial charge in [-0.25, -0.2) is 0 Å². The zero-order valence-corrected chi connectivity index (χ0v) is 14.9. The summed E-state index contributed by atoms with van der Waals surface area (Å²) in [5, 5.41) is 3.41. The first kappa shape index (κ1) is 17.5. The largest absolute Gasteiger partial charge is 0.469 e. The van der Waals surface area contributed by atoms with Crippen LogP contribution in [0.5, 0.6) is 0 Å². The second-order valence-corrected chi connectivity index (χ2v) is 6.66. The van der Waals surface area contributed by atoms with Crippen molar-refractivity contribution in [3.05, 3.63) is 58.5 Å². The smallest absolute Gasteiger partial charge is 0.255 e. The van der Waals surface area contributed by atoms with Crippen molar-refractivity contribution in [1.29, 1.82) is 0 Å². The standard InChI is InChI=1S/C19H21ClN2O3/c1-13-16(8-10-25-13)19(24)21-12-18(23)22-9-4-6-15(22)11-14-5-2-3-7-17(14)20/h2-3,5,7-8,10,15H,4,6,9,11-12H2,1H3,(H,21,24)/t15-/m1/s1. The molecular formula is C19H21ClN2O3. The molecule has 5 nitrogen and oxygen atoms in total. The molecule has 1 aliphatic rings. The minimum Gasteiger partial charge on any atom is -0.469 e. The van der Waals surface area contributed by atoms with Crippen LogP contribution in [0.4, 0.5) is 0 Å². The van der Waals surface area contributed by atoms with Crippen LogP contribution in [0, 0.1) is 6.92 Å². The quantitative estimate of drug-likeness (QED) is 0.890. The fourth-order valence-electron chi connectivity index (χ4n) is 3.27. The van der Waals surface area contributed by atoms with Crippen LogP contribution in [-0.2, 0) is 11.2 Å². The molecule has 25 heavy (non-hydrogen) atoms. The van der Waals surface area contributed by atoms with E-state index in [1.54, 1.807) is 13.0 Å². The molecule has 3 rings (SSSR count). The molecule has 1 aromatic heterocycles. The number of likely N-dealkylation sites (tertiary alicyclic amines) is 1. The average molecular weight is 361 g/mol. The van der Waals surface area contributed by atoms with Crippen LogP contribution in [0.25, 0.3) is 0 Å². The van der Waals surface area contributed by atoms with Crippen LogP contribution in [0.2, 0.25) is 5.02 Å². The van der Waals surface area contributed by atoms with Gasteiger partial charge in [0.1, 0.15) is 5.76 Å². The molecule has 2 heterocycles. The number of rotatable bonds is 5. The Kier molecular flexibility index (Phi) is 5.43. The van der Waals surface area contributed by atoms with Crippen molar-refractivity contribution in [2.75, 3.05) is 13.1 Å². The number of furan rings is 1. The summed E-state index contributed by atoms with van der Waals surface area (Å²) in [5.41, 5.74) is 1.51. The van der Waals surface area contributed by atoms with Gasteiger partial charge in [-0.05, 0) is 43.9 Å². The van der Waals surface area contributed by atoms with Gasteiger partial charge in [0.05, 0.1) is 18.4 Å². The lowest BCUT2D eigenvalue weighted by Crippen LogP contribution is -2.43. The highest BCUT2D eigenvalue weighted by Gasteiger charge is 2.29. The topological polar surface area (TPSA) is 62.6 Å². The number of halogens is 1. The maximum absolute atomic E-state index is 12.5. The molecule has 6 heteroatoms. The van der Waals surface area contributed by atoms with E-state index in [0.29, 0.717) is 17.9 Å². The zero-order chi connectivity index (χ0) is 17.8. The van der Waals surface area contributed by atoms with Crippen molar-refractivity contribution in [1.82, 2.24) is 10.2 Å². The highest BCUT2D eigenvalue weighted by atomic mass is 35.5. The third-order valence-electron chi connectivity index (χ3n) is 4.61. The SMILES string of the molecule is Cc1occc1C(=O)NCC(=O)N1CCC[C@@H]1Cc1ccccc1Cl. The Morgan fingerprint density at radius 1 is 1.32 bits per heavy atom. The third-order valence-corrected chi connectivity index (χ3v) is 4.98. The summed E-state index contributed by atoms with van der Waals surface area (Å²) in [6, 6.07) is 9.44. The van der Waals surface area contributed by atoms with Gasteiger partial charge < -0.3 is 14.6 Å². The van der Waals surface area contributed by atoms with E-state index < -0.39 is 0 Å². The second kappa shape index (κ2) is 7.74. The molecule has 1 fully saturated rings. The molecule has 1 aromatic carbocycles. The normalized spacial score (nSPS) is 16.9. The number of hydrogen-bond donors (Lipinski definition) is 1. The van der Waals surface area contributed by atoms with Gasteiger partial charge >= 0.3 is 0 Å². The Hall–Kier alpha value is -2.27. The summed E-state index contributed by atoms with van der Waals surface area (Å²) >= 11 is 6.24. The van der Waals surface area contributed by atoms with Crippen LogP contribution < -0.4 is 5.32 Å². The van der Waals surface area contributed by atoms with Crippen molar-refractivity contribution in [3.63, 3.8) is 0 Å². The van der Waals surface area contributed by atoms with Crippen LogP contribution in [-0.4, -0.2) is 35.8 Å². The molecule has 132 valence electrons. The number of aryl methyl sites for hydroxylation is 1. The van der Waals surface area contributed by atoms with Gasteiger partial charge in [0.25, 0.3) is 5.91 Å². The Bertz CT molecular complexity index is 772. The lowest BCUT2D eigenvalue weighted by atomic mass is 10.0. The average Bonchev–Trinajstić information content (AvgIpc) is 3.23. The molecule has 0 unspecified atom stereocenters. The molecule has 1 saturated heterocycles. The molecule has 1 atom stereocenters. The minimum atomic E-state index is -0.290. The van der Waals surface area contributed by atoms with E-state index in [4.69, 9.17) is 16.0 Å². The van der Waals surface area contributed by atoms with Crippen LogP contribution in [0.3, 0.4) is 0 Å². The van der Waals surface area contributed by atoms with Gasteiger partial charge in [-0.3, -0.25) is 9.59 Å². The maximum Gasteiger partial charge on any atom is 0.255 e. The van der Waals surface area contributed by atoms with Crippen molar-refractivity contribution in [3.8, 4) is 0 Å². The first-order valence-electron chi connectivity index (χ1n) is 8.41. The summed E-state index contributed by atoms with van der Waals surface area (Å²) in [6.45, 7) is 2.42. The van der Waals surface area contributed by atoms with E-state index in [9.17, 15) is 9.59 Å². The van der Waals surface area contributed by atoms with Gasteiger partial charge in [-0.2, -0.15) is 0 Å². The van der Waals surface area contributed by atoms with Crippen LogP contribution >= 0.6 is 11.6 Å². The number of hydrogen-bond acceptors (Lipinski definition) is 3. The van der Waals surface area contributed by atoms with E-state index in [0.717, 1.165) is 29.8 Å². The van der Waals surface area contributed by atoms with E-state index in [1.807, 2.05) is 29.2 Å². The molecule has 1 aliphatic heterocycles. The molecule has 0 spiro atoms. The highest BCUT2D eigenvalue weighted by Crippen LogP contribution is 2.24. The fourth-order valence-corrected chi connectivity index (χ4v) is 3.48. The first-order valence-corrected chi connectivity index (χ1v) is 8.79. The predicted molar refractivity (Wildman–Crippen MR) is 95.7 cm³/mol. The van der Waals surface area contributed by atoms with E-state index in [2.05, 4.69) is 5.32 Å². The van der Waals surface area contributed by atoms with Crippen LogP contribution in [0.15, 0.2) is 41.0 Å². The lowest BCUT2D eigenvalue weighted by Gasteiger charge is -2.25. The van der Waals surface area contributed by atoms with E-state index >= 15 is 0 Å². The Labute approximate surface area is 151 Å². The van der Waals surface area contributed by atoms with Crippen LogP contribution in [0.1, 0.15) is 34.5 Å². The third kappa shape index (κ3) is 4.04. The minimum absolute atomic E-state index is 0.0114. The van der Waals surface area contributed by atoms with E-state index in [1.165, 1.54) is 6.26 Å². The van der Waals surface area contributed by atoms with Crippen molar-refractivity contribution < 1.29 is 14.0 Å². The Balaban J connectivity index is 1.58. The van der Waals surface area contributed by atoms with Gasteiger partial charge in [0, 0.05) is 17.6 Å². The number of carbonyl (C=O) groups is 2. The molecule has 0 saturated carbocycles. The summed E-state index contributed by atoms with van der Waals surface area (Å²) in [7, 11) is 0. The summed E-state index contributed by atoms with van der Waals surface area (Å²) < 4.78 is 5.12. The Morgan fingerprint density at radius 2 is 2.12 bits per heavy atom. The number of amides is 2. The summed E-state index contributed by atoms with van der Waals surface area (Å²) in [4.78, 5) is 26.5. The first-order chi connectivity index (χ1) is 12.1. The lowest BCUT2D eigenvalue weighted by molar-refractivity contribution is -0.130. The highest BCUT2D eigenvalue weighted by molar-refractivity contribution is 6.31. The molecule has 0 bridgehead atoms. The number of carbonyl (C=O) groups excluding carboxylic acids is 2. The number of nitrogens with one attached hydrogen (secondary N) is 1. The van der Waals surface area contributed by atoms with Gasteiger partial charge in [0.2, 0.25) is 5.91 Å². The molecule has 0 radical (unpaired) electrons. The van der Waals surface area contributed by atoms with Gasteiger partial charge in [-0.1, -0.05) is 29.8 Å². The number of benzene rings is 1. The fraction of sp³-hybridized carbons (Fsp3) is 0.368.